The molecule has 2 N–H and O–H groups in total. The predicted octanol–water partition coefficient (Wildman–Crippen LogP) is 2.33. The molecule has 0 atom stereocenters. The summed E-state index contributed by atoms with van der Waals surface area (Å²) in [6, 6.07) is 11.8. The maximum absolute atomic E-state index is 11.2. The molecule has 0 spiro atoms. The Hall–Kier alpha value is -3.26. The van der Waals surface area contributed by atoms with Crippen LogP contribution in [0.3, 0.4) is 0 Å². The Bertz CT molecular complexity index is 966. The number of hydrogen-bond acceptors (Lipinski definition) is 6. The molecule has 0 saturated carbocycles. The van der Waals surface area contributed by atoms with E-state index in [1.165, 1.54) is 5.56 Å². The second-order valence-electron chi connectivity index (χ2n) is 6.57. The third kappa shape index (κ3) is 4.72. The van der Waals surface area contributed by atoms with Crippen LogP contribution in [0, 0.1) is 13.8 Å². The van der Waals surface area contributed by atoms with Crippen molar-refractivity contribution in [3.8, 4) is 6.01 Å². The van der Waals surface area contributed by atoms with Gasteiger partial charge >= 0.3 is 12.0 Å². The van der Waals surface area contributed by atoms with E-state index >= 15 is 0 Å². The van der Waals surface area contributed by atoms with E-state index in [1.807, 2.05) is 11.5 Å². The van der Waals surface area contributed by atoms with Gasteiger partial charge in [-0.25, -0.2) is 4.79 Å². The Kier molecular flexibility index (Phi) is 6.00. The number of carbonyl (C=O) groups is 1. The summed E-state index contributed by atoms with van der Waals surface area (Å²) in [6.07, 6.45) is 0. The topological polar surface area (TPSA) is 102 Å². The summed E-state index contributed by atoms with van der Waals surface area (Å²) in [5.74, 6) is -0.238. The molecule has 8 heteroatoms. The summed E-state index contributed by atoms with van der Waals surface area (Å²) in [5.41, 5.74) is 3.88. The molecule has 1 aromatic carbocycles. The highest BCUT2D eigenvalue weighted by Crippen LogP contribution is 2.14. The van der Waals surface area contributed by atoms with E-state index in [2.05, 4.69) is 44.8 Å². The molecule has 0 aliphatic rings. The van der Waals surface area contributed by atoms with Crippen molar-refractivity contribution >= 4 is 5.97 Å². The van der Waals surface area contributed by atoms with Crippen LogP contribution < -0.4 is 10.1 Å². The van der Waals surface area contributed by atoms with Crippen LogP contribution in [-0.4, -0.2) is 37.9 Å². The number of benzene rings is 1. The number of nitrogens with zero attached hydrogens (tertiary/aromatic N) is 4. The van der Waals surface area contributed by atoms with Crippen LogP contribution >= 0.6 is 0 Å². The molecule has 0 aliphatic carbocycles. The lowest BCUT2D eigenvalue weighted by molar-refractivity contribution is 0.0696. The molecule has 0 fully saturated rings. The van der Waals surface area contributed by atoms with Gasteiger partial charge in [0.1, 0.15) is 5.82 Å². The predicted molar refractivity (Wildman–Crippen MR) is 103 cm³/mol. The number of hydrogen-bond donors (Lipinski definition) is 2. The van der Waals surface area contributed by atoms with Gasteiger partial charge in [-0.15, -0.1) is 5.10 Å². The summed E-state index contributed by atoms with van der Waals surface area (Å²) < 4.78 is 7.24. The minimum Gasteiger partial charge on any atom is -0.478 e. The lowest BCUT2D eigenvalue weighted by Crippen LogP contribution is -2.18. The van der Waals surface area contributed by atoms with Crippen LogP contribution in [0.25, 0.3) is 0 Å². The molecule has 8 nitrogen and oxygen atoms in total. The number of rotatable bonds is 8. The molecule has 0 aliphatic heterocycles. The number of aryl methyl sites for hydroxylation is 2. The highest BCUT2D eigenvalue weighted by molar-refractivity contribution is 5.87. The number of pyridine rings is 1. The van der Waals surface area contributed by atoms with Crippen molar-refractivity contribution in [3.05, 3.63) is 70.3 Å². The average molecular weight is 381 g/mol. The minimum absolute atomic E-state index is 0.230. The zero-order chi connectivity index (χ0) is 20.1. The van der Waals surface area contributed by atoms with Gasteiger partial charge in [0.05, 0.1) is 31.5 Å². The van der Waals surface area contributed by atoms with Gasteiger partial charge in [-0.1, -0.05) is 34.9 Å². The Morgan fingerprint density at radius 3 is 2.57 bits per heavy atom. The molecule has 28 heavy (non-hydrogen) atoms. The first-order chi connectivity index (χ1) is 13.5. The highest BCUT2D eigenvalue weighted by atomic mass is 16.5. The van der Waals surface area contributed by atoms with E-state index < -0.39 is 5.97 Å². The molecule has 0 saturated heterocycles. The van der Waals surface area contributed by atoms with Crippen molar-refractivity contribution in [3.63, 3.8) is 0 Å². The van der Waals surface area contributed by atoms with Gasteiger partial charge in [-0.05, 0) is 31.5 Å². The number of nitrogens with one attached hydrogen (secondary N) is 1. The third-order valence-electron chi connectivity index (χ3n) is 4.28. The van der Waals surface area contributed by atoms with Gasteiger partial charge < -0.3 is 15.2 Å². The van der Waals surface area contributed by atoms with Crippen molar-refractivity contribution in [2.75, 3.05) is 7.11 Å². The second-order valence-corrected chi connectivity index (χ2v) is 6.57. The molecule has 3 aromatic rings. The molecule has 0 unspecified atom stereocenters. The van der Waals surface area contributed by atoms with E-state index in [0.29, 0.717) is 37.0 Å². The largest absolute Gasteiger partial charge is 0.478 e. The summed E-state index contributed by atoms with van der Waals surface area (Å²) in [6.45, 7) is 5.29. The smallest absolute Gasteiger partial charge is 0.335 e. The number of carboxylic acids is 1. The van der Waals surface area contributed by atoms with Crippen LogP contribution in [0.15, 0.2) is 36.4 Å². The summed E-state index contributed by atoms with van der Waals surface area (Å²) in [7, 11) is 1.57. The Morgan fingerprint density at radius 1 is 1.14 bits per heavy atom. The molecule has 0 radical (unpaired) electrons. The highest BCUT2D eigenvalue weighted by Gasteiger charge is 2.13. The lowest BCUT2D eigenvalue weighted by atomic mass is 10.1. The molecule has 0 bridgehead atoms. The fourth-order valence-electron chi connectivity index (χ4n) is 2.89. The van der Waals surface area contributed by atoms with Gasteiger partial charge in [0.15, 0.2) is 0 Å². The first kappa shape index (κ1) is 19.5. The molecule has 2 aromatic heterocycles. The van der Waals surface area contributed by atoms with Gasteiger partial charge in [0, 0.05) is 12.2 Å². The van der Waals surface area contributed by atoms with Crippen LogP contribution in [0.1, 0.15) is 38.7 Å². The standard InChI is InChI=1S/C20H23N5O3/c1-13-4-6-15(7-5-13)12-25-18(23-24-20(25)28-3)11-21-10-17-9-16(19(26)27)8-14(2)22-17/h4-9,21H,10-12H2,1-3H3,(H,26,27). The minimum atomic E-state index is -0.964. The van der Waals surface area contributed by atoms with E-state index in [0.717, 1.165) is 11.4 Å². The van der Waals surface area contributed by atoms with Crippen molar-refractivity contribution < 1.29 is 14.6 Å². The quantitative estimate of drug-likeness (QED) is 0.617. The van der Waals surface area contributed by atoms with Gasteiger partial charge in [-0.3, -0.25) is 9.55 Å². The SMILES string of the molecule is COc1nnc(CNCc2cc(C(=O)O)cc(C)n2)n1Cc1ccc(C)cc1. The molecule has 2 heterocycles. The zero-order valence-electron chi connectivity index (χ0n) is 16.1. The third-order valence-corrected chi connectivity index (χ3v) is 4.28. The van der Waals surface area contributed by atoms with Crippen molar-refractivity contribution in [1.82, 2.24) is 25.1 Å². The molecular formula is C20H23N5O3. The maximum Gasteiger partial charge on any atom is 0.335 e. The van der Waals surface area contributed by atoms with Gasteiger partial charge in [0.25, 0.3) is 0 Å². The van der Waals surface area contributed by atoms with Crippen LogP contribution in [0.5, 0.6) is 6.01 Å². The summed E-state index contributed by atoms with van der Waals surface area (Å²) in [5, 5.41) is 20.7. The van der Waals surface area contributed by atoms with E-state index in [-0.39, 0.29) is 5.56 Å². The second kappa shape index (κ2) is 8.62. The van der Waals surface area contributed by atoms with Crippen LogP contribution in [0.2, 0.25) is 0 Å². The Labute approximate surface area is 163 Å². The number of aromatic carboxylic acids is 1. The van der Waals surface area contributed by atoms with Crippen molar-refractivity contribution in [1.29, 1.82) is 0 Å². The normalized spacial score (nSPS) is 10.8. The Balaban J connectivity index is 1.70. The zero-order valence-corrected chi connectivity index (χ0v) is 16.1. The van der Waals surface area contributed by atoms with Gasteiger partial charge in [-0.2, -0.15) is 0 Å². The number of methoxy groups -OCH3 is 1. The fraction of sp³-hybridized carbons (Fsp3) is 0.300. The van der Waals surface area contributed by atoms with Crippen LogP contribution in [0.4, 0.5) is 0 Å². The lowest BCUT2D eigenvalue weighted by Gasteiger charge is -2.11. The Morgan fingerprint density at radius 2 is 1.89 bits per heavy atom. The van der Waals surface area contributed by atoms with E-state index in [1.54, 1.807) is 26.2 Å². The fourth-order valence-corrected chi connectivity index (χ4v) is 2.89. The molecule has 146 valence electrons. The number of aromatic nitrogens is 4. The van der Waals surface area contributed by atoms with Crippen molar-refractivity contribution in [2.24, 2.45) is 0 Å². The van der Waals surface area contributed by atoms with Gasteiger partial charge in [0.2, 0.25) is 0 Å². The first-order valence-electron chi connectivity index (χ1n) is 8.89. The van der Waals surface area contributed by atoms with E-state index in [9.17, 15) is 9.90 Å². The summed E-state index contributed by atoms with van der Waals surface area (Å²) >= 11 is 0. The van der Waals surface area contributed by atoms with Crippen molar-refractivity contribution in [2.45, 2.75) is 33.5 Å². The summed E-state index contributed by atoms with van der Waals surface area (Å²) in [4.78, 5) is 15.6. The molecule has 0 amide bonds. The number of ether oxygens (including phenoxy) is 1. The monoisotopic (exact) mass is 381 g/mol. The average Bonchev–Trinajstić information content (AvgIpc) is 3.05. The van der Waals surface area contributed by atoms with E-state index in [4.69, 9.17) is 4.74 Å². The van der Waals surface area contributed by atoms with Crippen LogP contribution in [-0.2, 0) is 19.6 Å². The first-order valence-corrected chi connectivity index (χ1v) is 8.89. The maximum atomic E-state index is 11.2. The number of carboxylic acid groups (broad SMARTS) is 1. The molecule has 3 rings (SSSR count). The molecular weight excluding hydrogens is 358 g/mol.